The summed E-state index contributed by atoms with van der Waals surface area (Å²) < 4.78 is 9.99. The highest BCUT2D eigenvalue weighted by molar-refractivity contribution is 5.83. The van der Waals surface area contributed by atoms with Crippen LogP contribution in [0, 0.1) is 0 Å². The molecule has 0 fully saturated rings. The normalized spacial score (nSPS) is 13.2. The van der Waals surface area contributed by atoms with Crippen molar-refractivity contribution >= 4 is 11.9 Å². The molecule has 0 radical (unpaired) electrons. The summed E-state index contributed by atoms with van der Waals surface area (Å²) in [7, 11) is 3.10. The van der Waals surface area contributed by atoms with Crippen LogP contribution < -0.4 is 10.1 Å². The van der Waals surface area contributed by atoms with Crippen molar-refractivity contribution in [2.45, 2.75) is 38.1 Å². The summed E-state index contributed by atoms with van der Waals surface area (Å²) in [6.45, 7) is 2.29. The standard InChI is InChI=1S/C17H25NO5/c1-4-12(13-5-7-14(23-3)8-6-13)11-16(19)18-15(17(20)21)9-10-22-2/h5-8,12,15H,4,9-11H2,1-3H3,(H,18,19)(H,20,21). The highest BCUT2D eigenvalue weighted by Gasteiger charge is 2.22. The molecule has 0 aromatic heterocycles. The van der Waals surface area contributed by atoms with Gasteiger partial charge in [0.2, 0.25) is 5.91 Å². The topological polar surface area (TPSA) is 84.9 Å². The number of aliphatic carboxylic acids is 1. The molecule has 0 spiro atoms. The molecule has 2 unspecified atom stereocenters. The summed E-state index contributed by atoms with van der Waals surface area (Å²) in [5.41, 5.74) is 1.03. The summed E-state index contributed by atoms with van der Waals surface area (Å²) in [6.07, 6.45) is 1.28. The SMILES string of the molecule is CCC(CC(=O)NC(CCOC)C(=O)O)c1ccc(OC)cc1. The third-order valence-corrected chi connectivity index (χ3v) is 3.76. The molecule has 2 N–H and O–H groups in total. The number of carboxylic acids is 1. The molecule has 1 aromatic rings. The molecule has 1 aromatic carbocycles. The van der Waals surface area contributed by atoms with Crippen LogP contribution in [0.4, 0.5) is 0 Å². The zero-order chi connectivity index (χ0) is 17.2. The van der Waals surface area contributed by atoms with Crippen molar-refractivity contribution in [3.05, 3.63) is 29.8 Å². The minimum Gasteiger partial charge on any atom is -0.497 e. The first-order chi connectivity index (χ1) is 11.0. The Balaban J connectivity index is 2.65. The summed E-state index contributed by atoms with van der Waals surface area (Å²) in [5.74, 6) is -0.514. The maximum Gasteiger partial charge on any atom is 0.326 e. The van der Waals surface area contributed by atoms with E-state index >= 15 is 0 Å². The van der Waals surface area contributed by atoms with E-state index in [2.05, 4.69) is 5.32 Å². The van der Waals surface area contributed by atoms with Gasteiger partial charge in [-0.15, -0.1) is 0 Å². The Bertz CT molecular complexity index is 500. The number of hydrogen-bond donors (Lipinski definition) is 2. The van der Waals surface area contributed by atoms with Crippen molar-refractivity contribution in [3.63, 3.8) is 0 Å². The minimum absolute atomic E-state index is 0.0396. The molecule has 0 saturated carbocycles. The van der Waals surface area contributed by atoms with Crippen LogP contribution in [0.25, 0.3) is 0 Å². The molecular weight excluding hydrogens is 298 g/mol. The monoisotopic (exact) mass is 323 g/mol. The Kier molecular flexibility index (Phi) is 8.11. The quantitative estimate of drug-likeness (QED) is 0.689. The molecule has 23 heavy (non-hydrogen) atoms. The Labute approximate surface area is 136 Å². The van der Waals surface area contributed by atoms with Crippen LogP contribution in [0.3, 0.4) is 0 Å². The highest BCUT2D eigenvalue weighted by Crippen LogP contribution is 2.25. The molecular formula is C17H25NO5. The number of ether oxygens (including phenoxy) is 2. The van der Waals surface area contributed by atoms with Gasteiger partial charge in [0.1, 0.15) is 11.8 Å². The van der Waals surface area contributed by atoms with Crippen molar-refractivity contribution in [1.29, 1.82) is 0 Å². The summed E-state index contributed by atoms with van der Waals surface area (Å²) >= 11 is 0. The number of nitrogens with one attached hydrogen (secondary N) is 1. The maximum atomic E-state index is 12.1. The average molecular weight is 323 g/mol. The number of methoxy groups -OCH3 is 2. The largest absolute Gasteiger partial charge is 0.497 e. The maximum absolute atomic E-state index is 12.1. The average Bonchev–Trinajstić information content (AvgIpc) is 2.56. The fourth-order valence-corrected chi connectivity index (χ4v) is 2.34. The minimum atomic E-state index is -1.05. The fraction of sp³-hybridized carbons (Fsp3) is 0.529. The third kappa shape index (κ3) is 6.28. The molecule has 1 amide bonds. The Morgan fingerprint density at radius 2 is 1.87 bits per heavy atom. The van der Waals surface area contributed by atoms with Crippen LogP contribution in [0.1, 0.15) is 37.7 Å². The summed E-state index contributed by atoms with van der Waals surface area (Å²) in [4.78, 5) is 23.3. The van der Waals surface area contributed by atoms with Crippen molar-refractivity contribution in [2.75, 3.05) is 20.8 Å². The van der Waals surface area contributed by atoms with Gasteiger partial charge in [0.05, 0.1) is 7.11 Å². The fourth-order valence-electron chi connectivity index (χ4n) is 2.34. The molecule has 2 atom stereocenters. The van der Waals surface area contributed by atoms with E-state index in [0.717, 1.165) is 17.7 Å². The van der Waals surface area contributed by atoms with E-state index in [1.807, 2.05) is 31.2 Å². The van der Waals surface area contributed by atoms with Gasteiger partial charge in [-0.25, -0.2) is 4.79 Å². The first kappa shape index (κ1) is 19.0. The second-order valence-electron chi connectivity index (χ2n) is 5.32. The number of carboxylic acid groups (broad SMARTS) is 1. The Morgan fingerprint density at radius 3 is 2.35 bits per heavy atom. The van der Waals surface area contributed by atoms with E-state index in [1.165, 1.54) is 7.11 Å². The van der Waals surface area contributed by atoms with Gasteiger partial charge < -0.3 is 19.9 Å². The number of carbonyl (C=O) groups is 2. The lowest BCUT2D eigenvalue weighted by Crippen LogP contribution is -2.41. The summed E-state index contributed by atoms with van der Waals surface area (Å²) in [5, 5.41) is 11.7. The summed E-state index contributed by atoms with van der Waals surface area (Å²) in [6, 6.07) is 6.65. The van der Waals surface area contributed by atoms with Crippen molar-refractivity contribution < 1.29 is 24.2 Å². The van der Waals surface area contributed by atoms with Gasteiger partial charge in [0, 0.05) is 26.6 Å². The molecule has 0 heterocycles. The van der Waals surface area contributed by atoms with Gasteiger partial charge in [0.15, 0.2) is 0 Å². The molecule has 0 aliphatic rings. The van der Waals surface area contributed by atoms with E-state index < -0.39 is 12.0 Å². The van der Waals surface area contributed by atoms with Crippen molar-refractivity contribution in [2.24, 2.45) is 0 Å². The van der Waals surface area contributed by atoms with Gasteiger partial charge in [-0.1, -0.05) is 19.1 Å². The second kappa shape index (κ2) is 9.84. The zero-order valence-corrected chi connectivity index (χ0v) is 13.9. The van der Waals surface area contributed by atoms with E-state index in [-0.39, 0.29) is 31.3 Å². The number of rotatable bonds is 10. The van der Waals surface area contributed by atoms with Crippen LogP contribution in [0.15, 0.2) is 24.3 Å². The zero-order valence-electron chi connectivity index (χ0n) is 13.9. The molecule has 128 valence electrons. The lowest BCUT2D eigenvalue weighted by molar-refractivity contribution is -0.142. The van der Waals surface area contributed by atoms with E-state index in [0.29, 0.717) is 0 Å². The molecule has 0 saturated heterocycles. The number of amides is 1. The van der Waals surface area contributed by atoms with Gasteiger partial charge in [0.25, 0.3) is 0 Å². The first-order valence-electron chi connectivity index (χ1n) is 7.66. The lowest BCUT2D eigenvalue weighted by Gasteiger charge is -2.18. The third-order valence-electron chi connectivity index (χ3n) is 3.76. The predicted molar refractivity (Wildman–Crippen MR) is 86.7 cm³/mol. The van der Waals surface area contributed by atoms with E-state index in [4.69, 9.17) is 14.6 Å². The smallest absolute Gasteiger partial charge is 0.326 e. The van der Waals surface area contributed by atoms with Gasteiger partial charge in [-0.3, -0.25) is 4.79 Å². The van der Waals surface area contributed by atoms with Gasteiger partial charge in [-0.2, -0.15) is 0 Å². The number of carbonyl (C=O) groups excluding carboxylic acids is 1. The van der Waals surface area contributed by atoms with Crippen LogP contribution >= 0.6 is 0 Å². The van der Waals surface area contributed by atoms with Crippen LogP contribution in [-0.4, -0.2) is 43.9 Å². The van der Waals surface area contributed by atoms with Gasteiger partial charge >= 0.3 is 5.97 Å². The highest BCUT2D eigenvalue weighted by atomic mass is 16.5. The number of hydrogen-bond acceptors (Lipinski definition) is 4. The first-order valence-corrected chi connectivity index (χ1v) is 7.66. The van der Waals surface area contributed by atoms with E-state index in [1.54, 1.807) is 7.11 Å². The molecule has 0 aliphatic carbocycles. The van der Waals surface area contributed by atoms with Crippen LogP contribution in [-0.2, 0) is 14.3 Å². The predicted octanol–water partition coefficient (Wildman–Crippen LogP) is 2.18. The van der Waals surface area contributed by atoms with Crippen LogP contribution in [0.2, 0.25) is 0 Å². The van der Waals surface area contributed by atoms with Crippen molar-refractivity contribution in [3.8, 4) is 5.75 Å². The number of benzene rings is 1. The van der Waals surface area contributed by atoms with E-state index in [9.17, 15) is 9.59 Å². The molecule has 0 aliphatic heterocycles. The Morgan fingerprint density at radius 1 is 1.22 bits per heavy atom. The molecule has 0 bridgehead atoms. The molecule has 6 heteroatoms. The van der Waals surface area contributed by atoms with Crippen molar-refractivity contribution in [1.82, 2.24) is 5.32 Å². The Hall–Kier alpha value is -2.08. The van der Waals surface area contributed by atoms with Gasteiger partial charge in [-0.05, 0) is 30.0 Å². The second-order valence-corrected chi connectivity index (χ2v) is 5.32. The van der Waals surface area contributed by atoms with Crippen LogP contribution in [0.5, 0.6) is 5.75 Å². The molecule has 6 nitrogen and oxygen atoms in total. The molecule has 1 rings (SSSR count). The lowest BCUT2D eigenvalue weighted by atomic mass is 9.92.